The van der Waals surface area contributed by atoms with E-state index < -0.39 is 0 Å². The summed E-state index contributed by atoms with van der Waals surface area (Å²) in [7, 11) is 0. The highest BCUT2D eigenvalue weighted by atomic mass is 14.8. The van der Waals surface area contributed by atoms with Crippen LogP contribution in [-0.4, -0.2) is 5.54 Å². The summed E-state index contributed by atoms with van der Waals surface area (Å²) in [6.45, 7) is 9.32. The van der Waals surface area contributed by atoms with E-state index in [1.807, 2.05) is 0 Å². The van der Waals surface area contributed by atoms with Gasteiger partial charge in [0, 0.05) is 5.54 Å². The van der Waals surface area contributed by atoms with Crippen LogP contribution in [0.1, 0.15) is 66.2 Å². The fourth-order valence-corrected chi connectivity index (χ4v) is 3.17. The van der Waals surface area contributed by atoms with Crippen LogP contribution in [-0.2, 0) is 0 Å². The molecule has 0 bridgehead atoms. The second-order valence-corrected chi connectivity index (χ2v) is 5.91. The first-order valence-corrected chi connectivity index (χ1v) is 6.80. The summed E-state index contributed by atoms with van der Waals surface area (Å²) in [6.07, 6.45) is 7.77. The number of hydrogen-bond acceptors (Lipinski definition) is 1. The molecule has 1 aliphatic rings. The van der Waals surface area contributed by atoms with Crippen LogP contribution in [0.3, 0.4) is 0 Å². The Bertz CT molecular complexity index is 186. The topological polar surface area (TPSA) is 26.0 Å². The van der Waals surface area contributed by atoms with Gasteiger partial charge in [-0.1, -0.05) is 47.0 Å². The van der Waals surface area contributed by atoms with Crippen LogP contribution in [0.2, 0.25) is 0 Å². The molecule has 0 aromatic heterocycles. The summed E-state index contributed by atoms with van der Waals surface area (Å²) in [6, 6.07) is 0. The smallest absolute Gasteiger partial charge is 0.0185 e. The quantitative estimate of drug-likeness (QED) is 0.748. The SMILES string of the molecule is CCC(CC)CC1(N)CC(C)CCC1C. The van der Waals surface area contributed by atoms with Crippen molar-refractivity contribution in [3.63, 3.8) is 0 Å². The molecule has 3 unspecified atom stereocenters. The first kappa shape index (κ1) is 13.0. The minimum atomic E-state index is 0.133. The predicted molar refractivity (Wildman–Crippen MR) is 67.8 cm³/mol. The van der Waals surface area contributed by atoms with Gasteiger partial charge in [0.1, 0.15) is 0 Å². The van der Waals surface area contributed by atoms with Gasteiger partial charge in [0.25, 0.3) is 0 Å². The zero-order chi connectivity index (χ0) is 11.5. The van der Waals surface area contributed by atoms with Crippen molar-refractivity contribution in [1.82, 2.24) is 0 Å². The maximum atomic E-state index is 6.65. The van der Waals surface area contributed by atoms with Gasteiger partial charge in [-0.2, -0.15) is 0 Å². The fourth-order valence-electron chi connectivity index (χ4n) is 3.17. The summed E-state index contributed by atoms with van der Waals surface area (Å²) >= 11 is 0. The molecule has 1 heteroatoms. The van der Waals surface area contributed by atoms with E-state index in [-0.39, 0.29) is 5.54 Å². The molecule has 1 fully saturated rings. The zero-order valence-electron chi connectivity index (χ0n) is 11.1. The first-order chi connectivity index (χ1) is 7.01. The normalized spacial score (nSPS) is 37.2. The van der Waals surface area contributed by atoms with Gasteiger partial charge in [0.2, 0.25) is 0 Å². The molecular weight excluding hydrogens is 182 g/mol. The molecule has 1 rings (SSSR count). The molecule has 15 heavy (non-hydrogen) atoms. The molecular formula is C14H29N. The van der Waals surface area contributed by atoms with E-state index in [4.69, 9.17) is 5.73 Å². The Hall–Kier alpha value is -0.0400. The van der Waals surface area contributed by atoms with Crippen molar-refractivity contribution in [2.24, 2.45) is 23.5 Å². The highest BCUT2D eigenvalue weighted by Crippen LogP contribution is 2.39. The standard InChI is InChI=1S/C14H29N/c1-5-13(6-2)10-14(15)9-11(3)7-8-12(14)4/h11-13H,5-10,15H2,1-4H3. The Balaban J connectivity index is 2.61. The summed E-state index contributed by atoms with van der Waals surface area (Å²) < 4.78 is 0. The lowest BCUT2D eigenvalue weighted by Gasteiger charge is -2.44. The van der Waals surface area contributed by atoms with Crippen molar-refractivity contribution in [3.05, 3.63) is 0 Å². The third kappa shape index (κ3) is 3.21. The van der Waals surface area contributed by atoms with Gasteiger partial charge in [-0.15, -0.1) is 0 Å². The van der Waals surface area contributed by atoms with Crippen LogP contribution in [0.25, 0.3) is 0 Å². The highest BCUT2D eigenvalue weighted by molar-refractivity contribution is 4.95. The second kappa shape index (κ2) is 5.34. The molecule has 0 aromatic carbocycles. The average Bonchev–Trinajstić information content (AvgIpc) is 2.21. The van der Waals surface area contributed by atoms with E-state index in [1.165, 1.54) is 38.5 Å². The summed E-state index contributed by atoms with van der Waals surface area (Å²) in [4.78, 5) is 0. The number of nitrogens with two attached hydrogens (primary N) is 1. The van der Waals surface area contributed by atoms with Crippen molar-refractivity contribution in [2.45, 2.75) is 71.8 Å². The number of hydrogen-bond donors (Lipinski definition) is 1. The third-order valence-electron chi connectivity index (χ3n) is 4.63. The Morgan fingerprint density at radius 3 is 2.33 bits per heavy atom. The monoisotopic (exact) mass is 211 g/mol. The highest BCUT2D eigenvalue weighted by Gasteiger charge is 2.37. The lowest BCUT2D eigenvalue weighted by molar-refractivity contribution is 0.128. The molecule has 1 aliphatic carbocycles. The van der Waals surface area contributed by atoms with Gasteiger partial charge in [-0.25, -0.2) is 0 Å². The largest absolute Gasteiger partial charge is 0.325 e. The molecule has 0 saturated heterocycles. The molecule has 2 N–H and O–H groups in total. The van der Waals surface area contributed by atoms with E-state index in [2.05, 4.69) is 27.7 Å². The van der Waals surface area contributed by atoms with Gasteiger partial charge < -0.3 is 5.73 Å². The molecule has 1 saturated carbocycles. The van der Waals surface area contributed by atoms with Crippen molar-refractivity contribution in [3.8, 4) is 0 Å². The summed E-state index contributed by atoms with van der Waals surface area (Å²) in [5.74, 6) is 2.39. The van der Waals surface area contributed by atoms with Crippen molar-refractivity contribution < 1.29 is 0 Å². The third-order valence-corrected chi connectivity index (χ3v) is 4.63. The molecule has 3 atom stereocenters. The molecule has 1 nitrogen and oxygen atoms in total. The van der Waals surface area contributed by atoms with Gasteiger partial charge in [-0.3, -0.25) is 0 Å². The van der Waals surface area contributed by atoms with Gasteiger partial charge in [0.15, 0.2) is 0 Å². The van der Waals surface area contributed by atoms with Gasteiger partial charge >= 0.3 is 0 Å². The molecule has 0 heterocycles. The van der Waals surface area contributed by atoms with E-state index >= 15 is 0 Å². The van der Waals surface area contributed by atoms with Crippen LogP contribution in [0.4, 0.5) is 0 Å². The molecule has 0 spiro atoms. The maximum absolute atomic E-state index is 6.65. The van der Waals surface area contributed by atoms with Gasteiger partial charge in [-0.05, 0) is 37.0 Å². The van der Waals surface area contributed by atoms with E-state index in [0.29, 0.717) is 5.92 Å². The maximum Gasteiger partial charge on any atom is 0.0185 e. The lowest BCUT2D eigenvalue weighted by atomic mass is 9.66. The minimum Gasteiger partial charge on any atom is -0.325 e. The van der Waals surface area contributed by atoms with E-state index in [9.17, 15) is 0 Å². The fraction of sp³-hybridized carbons (Fsp3) is 1.00. The summed E-state index contributed by atoms with van der Waals surface area (Å²) in [5.41, 5.74) is 6.78. The lowest BCUT2D eigenvalue weighted by Crippen LogP contribution is -2.51. The van der Waals surface area contributed by atoms with Crippen LogP contribution >= 0.6 is 0 Å². The Labute approximate surface area is 95.8 Å². The Morgan fingerprint density at radius 2 is 1.80 bits per heavy atom. The van der Waals surface area contributed by atoms with Gasteiger partial charge in [0.05, 0.1) is 0 Å². The van der Waals surface area contributed by atoms with E-state index in [0.717, 1.165) is 11.8 Å². The van der Waals surface area contributed by atoms with Crippen LogP contribution in [0, 0.1) is 17.8 Å². The van der Waals surface area contributed by atoms with Crippen molar-refractivity contribution in [2.75, 3.05) is 0 Å². The Kier molecular flexibility index (Phi) is 4.64. The molecule has 0 radical (unpaired) electrons. The molecule has 0 aliphatic heterocycles. The van der Waals surface area contributed by atoms with Crippen molar-refractivity contribution >= 4 is 0 Å². The number of rotatable bonds is 4. The zero-order valence-corrected chi connectivity index (χ0v) is 11.1. The van der Waals surface area contributed by atoms with Crippen molar-refractivity contribution in [1.29, 1.82) is 0 Å². The second-order valence-electron chi connectivity index (χ2n) is 5.91. The first-order valence-electron chi connectivity index (χ1n) is 6.80. The van der Waals surface area contributed by atoms with Crippen LogP contribution < -0.4 is 5.73 Å². The summed E-state index contributed by atoms with van der Waals surface area (Å²) in [5, 5.41) is 0. The predicted octanol–water partition coefficient (Wildman–Crippen LogP) is 3.97. The Morgan fingerprint density at radius 1 is 1.20 bits per heavy atom. The van der Waals surface area contributed by atoms with Crippen LogP contribution in [0.15, 0.2) is 0 Å². The van der Waals surface area contributed by atoms with E-state index in [1.54, 1.807) is 0 Å². The minimum absolute atomic E-state index is 0.133. The van der Waals surface area contributed by atoms with Crippen LogP contribution in [0.5, 0.6) is 0 Å². The molecule has 90 valence electrons. The molecule has 0 aromatic rings. The average molecular weight is 211 g/mol. The molecule has 0 amide bonds.